The Bertz CT molecular complexity index is 664. The second kappa shape index (κ2) is 11.2. The molecule has 0 aliphatic heterocycles. The van der Waals surface area contributed by atoms with Crippen LogP contribution in [0.5, 0.6) is 0 Å². The van der Waals surface area contributed by atoms with Gasteiger partial charge in [0.2, 0.25) is 0 Å². The zero-order chi connectivity index (χ0) is 18.2. The first-order chi connectivity index (χ1) is 11.1. The molecular formula is C17H29ClIN3O2S. The molecule has 1 aromatic carbocycles. The van der Waals surface area contributed by atoms with E-state index in [1.165, 1.54) is 6.26 Å². The van der Waals surface area contributed by atoms with Crippen LogP contribution in [-0.2, 0) is 16.3 Å². The molecule has 0 fully saturated rings. The lowest BCUT2D eigenvalue weighted by molar-refractivity contribution is 0.348. The molecule has 2 N–H and O–H groups in total. The Balaban J connectivity index is 0.00000576. The van der Waals surface area contributed by atoms with Crippen molar-refractivity contribution in [2.24, 2.45) is 10.4 Å². The summed E-state index contributed by atoms with van der Waals surface area (Å²) in [6.45, 7) is 5.45. The van der Waals surface area contributed by atoms with E-state index in [2.05, 4.69) is 15.6 Å². The zero-order valence-electron chi connectivity index (χ0n) is 15.3. The highest BCUT2D eigenvalue weighted by Gasteiger charge is 2.20. The molecule has 0 saturated heterocycles. The van der Waals surface area contributed by atoms with Crippen molar-refractivity contribution < 1.29 is 8.42 Å². The molecule has 0 amide bonds. The predicted octanol–water partition coefficient (Wildman–Crippen LogP) is 3.13. The summed E-state index contributed by atoms with van der Waals surface area (Å²) in [6, 6.07) is 7.78. The quantitative estimate of drug-likeness (QED) is 0.326. The maximum absolute atomic E-state index is 11.3. The molecule has 0 aliphatic carbocycles. The number of aliphatic imine (C=N–C) groups is 1. The topological polar surface area (TPSA) is 70.6 Å². The molecule has 0 heterocycles. The molecule has 0 aromatic heterocycles. The van der Waals surface area contributed by atoms with Gasteiger partial charge in [-0.1, -0.05) is 43.6 Å². The van der Waals surface area contributed by atoms with Gasteiger partial charge in [0.05, 0.1) is 5.75 Å². The third kappa shape index (κ3) is 10.9. The summed E-state index contributed by atoms with van der Waals surface area (Å²) in [5.41, 5.74) is 0.958. The Labute approximate surface area is 174 Å². The lowest BCUT2D eigenvalue weighted by Crippen LogP contribution is -2.43. The van der Waals surface area contributed by atoms with E-state index < -0.39 is 9.84 Å². The van der Waals surface area contributed by atoms with Crippen LogP contribution in [0.15, 0.2) is 29.3 Å². The van der Waals surface area contributed by atoms with E-state index in [9.17, 15) is 8.42 Å². The van der Waals surface area contributed by atoms with E-state index in [4.69, 9.17) is 11.6 Å². The number of hydrogen-bond acceptors (Lipinski definition) is 3. The molecule has 8 heteroatoms. The summed E-state index contributed by atoms with van der Waals surface area (Å²) in [6.07, 6.45) is 2.68. The Hall–Kier alpha value is -0.540. The molecule has 144 valence electrons. The van der Waals surface area contributed by atoms with Crippen LogP contribution in [0, 0.1) is 5.41 Å². The minimum Gasteiger partial charge on any atom is -0.356 e. The van der Waals surface area contributed by atoms with Gasteiger partial charge in [-0.15, -0.1) is 24.0 Å². The summed E-state index contributed by atoms with van der Waals surface area (Å²) in [5, 5.41) is 7.28. The first-order valence-corrected chi connectivity index (χ1v) is 10.4. The SMILES string of the molecule is CN=C(NCCc1ccccc1Cl)NCC(C)(C)CCS(C)(=O)=O.I. The van der Waals surface area contributed by atoms with E-state index >= 15 is 0 Å². The highest BCUT2D eigenvalue weighted by Crippen LogP contribution is 2.19. The number of benzene rings is 1. The number of guanidine groups is 1. The summed E-state index contributed by atoms with van der Waals surface area (Å²) in [7, 11) is -1.22. The van der Waals surface area contributed by atoms with Gasteiger partial charge in [0.1, 0.15) is 9.84 Å². The lowest BCUT2D eigenvalue weighted by Gasteiger charge is -2.25. The maximum Gasteiger partial charge on any atom is 0.191 e. The van der Waals surface area contributed by atoms with Crippen molar-refractivity contribution in [3.63, 3.8) is 0 Å². The normalized spacial score (nSPS) is 12.4. The van der Waals surface area contributed by atoms with E-state index in [1.54, 1.807) is 7.05 Å². The van der Waals surface area contributed by atoms with Gasteiger partial charge in [0.25, 0.3) is 0 Å². The van der Waals surface area contributed by atoms with Crippen molar-refractivity contribution in [2.75, 3.05) is 32.1 Å². The average Bonchev–Trinajstić information content (AvgIpc) is 2.50. The first kappa shape index (κ1) is 24.5. The van der Waals surface area contributed by atoms with Gasteiger partial charge in [-0.25, -0.2) is 8.42 Å². The number of nitrogens with one attached hydrogen (secondary N) is 2. The number of sulfone groups is 1. The van der Waals surface area contributed by atoms with Gasteiger partial charge in [-0.3, -0.25) is 4.99 Å². The molecule has 0 radical (unpaired) electrons. The Kier molecular flexibility index (Phi) is 11.0. The van der Waals surface area contributed by atoms with Crippen molar-refractivity contribution >= 4 is 51.4 Å². The molecule has 0 saturated carbocycles. The lowest BCUT2D eigenvalue weighted by atomic mass is 9.90. The van der Waals surface area contributed by atoms with Crippen LogP contribution in [0.4, 0.5) is 0 Å². The second-order valence-electron chi connectivity index (χ2n) is 6.74. The monoisotopic (exact) mass is 501 g/mol. The fourth-order valence-electron chi connectivity index (χ4n) is 2.11. The summed E-state index contributed by atoms with van der Waals surface area (Å²) >= 11 is 6.14. The fourth-order valence-corrected chi connectivity index (χ4v) is 3.26. The molecule has 25 heavy (non-hydrogen) atoms. The van der Waals surface area contributed by atoms with Crippen LogP contribution in [0.1, 0.15) is 25.8 Å². The third-order valence-corrected chi connectivity index (χ3v) is 5.07. The summed E-state index contributed by atoms with van der Waals surface area (Å²) < 4.78 is 22.6. The zero-order valence-corrected chi connectivity index (χ0v) is 19.2. The van der Waals surface area contributed by atoms with Gasteiger partial charge in [0.15, 0.2) is 5.96 Å². The minimum atomic E-state index is -2.94. The number of halogens is 2. The first-order valence-electron chi connectivity index (χ1n) is 7.99. The molecule has 1 rings (SSSR count). The van der Waals surface area contributed by atoms with Crippen LogP contribution in [0.3, 0.4) is 0 Å². The van der Waals surface area contributed by atoms with Crippen molar-refractivity contribution in [1.29, 1.82) is 0 Å². The smallest absolute Gasteiger partial charge is 0.191 e. The molecule has 0 bridgehead atoms. The number of rotatable bonds is 8. The summed E-state index contributed by atoms with van der Waals surface area (Å²) in [5.74, 6) is 0.898. The molecule has 0 aliphatic rings. The molecule has 1 aromatic rings. The van der Waals surface area contributed by atoms with Gasteiger partial charge < -0.3 is 10.6 Å². The van der Waals surface area contributed by atoms with Crippen molar-refractivity contribution in [1.82, 2.24) is 10.6 Å². The van der Waals surface area contributed by atoms with Crippen LogP contribution in [0.2, 0.25) is 5.02 Å². The van der Waals surface area contributed by atoms with Crippen LogP contribution >= 0.6 is 35.6 Å². The van der Waals surface area contributed by atoms with Crippen molar-refractivity contribution in [3.05, 3.63) is 34.9 Å². The van der Waals surface area contributed by atoms with Gasteiger partial charge in [-0.05, 0) is 29.9 Å². The highest BCUT2D eigenvalue weighted by atomic mass is 127. The number of hydrogen-bond donors (Lipinski definition) is 2. The van der Waals surface area contributed by atoms with Crippen molar-refractivity contribution in [3.8, 4) is 0 Å². The van der Waals surface area contributed by atoms with E-state index in [1.807, 2.05) is 38.1 Å². The Morgan fingerprint density at radius 2 is 1.88 bits per heavy atom. The molecule has 0 atom stereocenters. The largest absolute Gasteiger partial charge is 0.356 e. The van der Waals surface area contributed by atoms with Crippen molar-refractivity contribution in [2.45, 2.75) is 26.7 Å². The number of nitrogens with zero attached hydrogens (tertiary/aromatic N) is 1. The van der Waals surface area contributed by atoms with Crippen LogP contribution in [-0.4, -0.2) is 46.5 Å². The predicted molar refractivity (Wildman–Crippen MR) is 118 cm³/mol. The Morgan fingerprint density at radius 1 is 1.24 bits per heavy atom. The standard InChI is InChI=1S/C17H28ClN3O2S.HI/c1-17(2,10-12-24(4,22)23)13-21-16(19-3)20-11-9-14-7-5-6-8-15(14)18;/h5-8H,9-13H2,1-4H3,(H2,19,20,21);1H. The van der Waals surface area contributed by atoms with E-state index in [0.717, 1.165) is 17.0 Å². The average molecular weight is 502 g/mol. The van der Waals surface area contributed by atoms with Crippen LogP contribution in [0.25, 0.3) is 0 Å². The van der Waals surface area contributed by atoms with Gasteiger partial charge >= 0.3 is 0 Å². The molecular weight excluding hydrogens is 473 g/mol. The fraction of sp³-hybridized carbons (Fsp3) is 0.588. The molecule has 5 nitrogen and oxygen atoms in total. The van der Waals surface area contributed by atoms with Gasteiger partial charge in [0, 0.05) is 31.4 Å². The van der Waals surface area contributed by atoms with E-state index in [0.29, 0.717) is 25.5 Å². The molecule has 0 spiro atoms. The minimum absolute atomic E-state index is 0. The second-order valence-corrected chi connectivity index (χ2v) is 9.40. The van der Waals surface area contributed by atoms with Crippen LogP contribution < -0.4 is 10.6 Å². The third-order valence-electron chi connectivity index (χ3n) is 3.75. The molecule has 0 unspecified atom stereocenters. The van der Waals surface area contributed by atoms with E-state index in [-0.39, 0.29) is 35.1 Å². The highest BCUT2D eigenvalue weighted by molar-refractivity contribution is 14.0. The van der Waals surface area contributed by atoms with Gasteiger partial charge in [-0.2, -0.15) is 0 Å². The summed E-state index contributed by atoms with van der Waals surface area (Å²) in [4.78, 5) is 4.20. The Morgan fingerprint density at radius 3 is 2.44 bits per heavy atom. The maximum atomic E-state index is 11.3.